The molecule has 0 spiro atoms. The smallest absolute Gasteiger partial charge is 0.0755 e. The van der Waals surface area contributed by atoms with E-state index < -0.39 is 0 Å². The van der Waals surface area contributed by atoms with Gasteiger partial charge in [0.05, 0.1) is 6.10 Å². The Balaban J connectivity index is 4.24. The first-order valence-corrected chi connectivity index (χ1v) is 4.28. The fourth-order valence-electron chi connectivity index (χ4n) is 0.878. The molecule has 12 heavy (non-hydrogen) atoms. The van der Waals surface area contributed by atoms with Crippen molar-refractivity contribution >= 4 is 0 Å². The molecule has 0 aliphatic carbocycles. The number of rotatable bonds is 4. The average Bonchev–Trinajstić information content (AvgIpc) is 1.85. The minimum atomic E-state index is -0.343. The van der Waals surface area contributed by atoms with Gasteiger partial charge in [0, 0.05) is 5.54 Å². The van der Waals surface area contributed by atoms with Crippen LogP contribution in [0.1, 0.15) is 27.2 Å². The van der Waals surface area contributed by atoms with E-state index in [0.717, 1.165) is 5.57 Å². The molecule has 0 saturated carbocycles. The summed E-state index contributed by atoms with van der Waals surface area (Å²) in [5.74, 6) is 0. The summed E-state index contributed by atoms with van der Waals surface area (Å²) >= 11 is 0. The van der Waals surface area contributed by atoms with Gasteiger partial charge in [0.25, 0.3) is 0 Å². The molecule has 2 nitrogen and oxygen atoms in total. The second-order valence-electron chi connectivity index (χ2n) is 4.23. The third-order valence-electron chi connectivity index (χ3n) is 2.51. The van der Waals surface area contributed by atoms with Gasteiger partial charge in [-0.05, 0) is 41.3 Å². The van der Waals surface area contributed by atoms with Crippen molar-refractivity contribution in [1.29, 1.82) is 0 Å². The number of likely N-dealkylation sites (N-methyl/N-ethyl adjacent to an activating group) is 1. The molecule has 0 aromatic heterocycles. The molecule has 0 bridgehead atoms. The predicted molar refractivity (Wildman–Crippen MR) is 53.2 cm³/mol. The van der Waals surface area contributed by atoms with Crippen LogP contribution in [0.4, 0.5) is 0 Å². The van der Waals surface area contributed by atoms with E-state index in [4.69, 9.17) is 0 Å². The lowest BCUT2D eigenvalue weighted by atomic mass is 9.91. The summed E-state index contributed by atoms with van der Waals surface area (Å²) in [6.07, 6.45) is 0.329. The molecule has 0 aliphatic heterocycles. The number of hydrogen-bond acceptors (Lipinski definition) is 2. The van der Waals surface area contributed by atoms with Crippen LogP contribution < -0.4 is 0 Å². The van der Waals surface area contributed by atoms with Gasteiger partial charge in [-0.3, -0.25) is 0 Å². The lowest BCUT2D eigenvalue weighted by Gasteiger charge is -2.37. The zero-order valence-electron chi connectivity index (χ0n) is 8.89. The first-order valence-electron chi connectivity index (χ1n) is 4.28. The lowest BCUT2D eigenvalue weighted by Crippen LogP contribution is -2.48. The fraction of sp³-hybridized carbons (Fsp3) is 0.800. The highest BCUT2D eigenvalue weighted by Gasteiger charge is 2.29. The maximum absolute atomic E-state index is 9.82. The largest absolute Gasteiger partial charge is 0.391 e. The summed E-state index contributed by atoms with van der Waals surface area (Å²) < 4.78 is 0. The molecule has 0 aromatic carbocycles. The highest BCUT2D eigenvalue weighted by Crippen LogP contribution is 2.20. The predicted octanol–water partition coefficient (Wildman–Crippen LogP) is 1.65. The Bertz CT molecular complexity index is 161. The monoisotopic (exact) mass is 171 g/mol. The van der Waals surface area contributed by atoms with Crippen LogP contribution in [-0.2, 0) is 0 Å². The molecule has 0 saturated heterocycles. The van der Waals surface area contributed by atoms with E-state index in [-0.39, 0.29) is 11.6 Å². The minimum absolute atomic E-state index is 0.182. The molecular formula is C10H21NO. The minimum Gasteiger partial charge on any atom is -0.391 e. The SMILES string of the molecule is C=C(C)CC(O)C(C)(C)N(C)C. The fourth-order valence-corrected chi connectivity index (χ4v) is 0.878. The van der Waals surface area contributed by atoms with Gasteiger partial charge in [0.15, 0.2) is 0 Å². The Kier molecular flexibility index (Phi) is 3.94. The van der Waals surface area contributed by atoms with E-state index in [9.17, 15) is 5.11 Å². The molecule has 1 unspecified atom stereocenters. The molecule has 0 aromatic rings. The van der Waals surface area contributed by atoms with Gasteiger partial charge in [-0.2, -0.15) is 0 Å². The molecule has 0 fully saturated rings. The maximum Gasteiger partial charge on any atom is 0.0755 e. The van der Waals surface area contributed by atoms with E-state index in [1.807, 2.05) is 39.8 Å². The van der Waals surface area contributed by atoms with Gasteiger partial charge in [-0.15, -0.1) is 6.58 Å². The summed E-state index contributed by atoms with van der Waals surface area (Å²) in [7, 11) is 3.95. The van der Waals surface area contributed by atoms with Crippen LogP contribution in [0.3, 0.4) is 0 Å². The van der Waals surface area contributed by atoms with Crippen LogP contribution in [0, 0.1) is 0 Å². The van der Waals surface area contributed by atoms with Gasteiger partial charge in [-0.25, -0.2) is 0 Å². The highest BCUT2D eigenvalue weighted by molar-refractivity contribution is 4.97. The number of nitrogens with zero attached hydrogens (tertiary/aromatic N) is 1. The van der Waals surface area contributed by atoms with Crippen molar-refractivity contribution in [2.24, 2.45) is 0 Å². The quantitative estimate of drug-likeness (QED) is 0.650. The van der Waals surface area contributed by atoms with E-state index in [1.54, 1.807) is 0 Å². The van der Waals surface area contributed by atoms with Crippen molar-refractivity contribution in [2.45, 2.75) is 38.8 Å². The van der Waals surface area contributed by atoms with Crippen molar-refractivity contribution in [3.63, 3.8) is 0 Å². The van der Waals surface area contributed by atoms with E-state index in [2.05, 4.69) is 6.58 Å². The molecule has 0 heterocycles. The van der Waals surface area contributed by atoms with Gasteiger partial charge < -0.3 is 10.0 Å². The molecule has 0 rings (SSSR count). The second-order valence-corrected chi connectivity index (χ2v) is 4.23. The average molecular weight is 171 g/mol. The summed E-state index contributed by atoms with van der Waals surface area (Å²) in [5, 5.41) is 9.82. The summed E-state index contributed by atoms with van der Waals surface area (Å²) in [6, 6.07) is 0. The Hall–Kier alpha value is -0.340. The lowest BCUT2D eigenvalue weighted by molar-refractivity contribution is 0.0184. The van der Waals surface area contributed by atoms with E-state index in [1.165, 1.54) is 0 Å². The van der Waals surface area contributed by atoms with Crippen LogP contribution >= 0.6 is 0 Å². The Morgan fingerprint density at radius 1 is 1.50 bits per heavy atom. The first-order chi connectivity index (χ1) is 5.28. The van der Waals surface area contributed by atoms with Crippen LogP contribution in [0.15, 0.2) is 12.2 Å². The number of aliphatic hydroxyl groups is 1. The summed E-state index contributed by atoms with van der Waals surface area (Å²) in [4.78, 5) is 2.03. The first kappa shape index (κ1) is 11.7. The Morgan fingerprint density at radius 3 is 2.17 bits per heavy atom. The number of hydrogen-bond donors (Lipinski definition) is 1. The number of aliphatic hydroxyl groups excluding tert-OH is 1. The van der Waals surface area contributed by atoms with Crippen molar-refractivity contribution in [3.8, 4) is 0 Å². The highest BCUT2D eigenvalue weighted by atomic mass is 16.3. The maximum atomic E-state index is 9.82. The third kappa shape index (κ3) is 2.95. The molecule has 0 aliphatic rings. The summed E-state index contributed by atoms with van der Waals surface area (Å²) in [6.45, 7) is 9.79. The molecule has 0 amide bonds. The summed E-state index contributed by atoms with van der Waals surface area (Å²) in [5.41, 5.74) is 0.844. The molecule has 2 heteroatoms. The van der Waals surface area contributed by atoms with Crippen molar-refractivity contribution < 1.29 is 5.11 Å². The van der Waals surface area contributed by atoms with E-state index >= 15 is 0 Å². The van der Waals surface area contributed by atoms with Gasteiger partial charge in [0.1, 0.15) is 0 Å². The van der Waals surface area contributed by atoms with Crippen molar-refractivity contribution in [2.75, 3.05) is 14.1 Å². The van der Waals surface area contributed by atoms with Crippen LogP contribution in [0.2, 0.25) is 0 Å². The van der Waals surface area contributed by atoms with Crippen LogP contribution in [-0.4, -0.2) is 35.7 Å². The van der Waals surface area contributed by atoms with Crippen LogP contribution in [0.25, 0.3) is 0 Å². The van der Waals surface area contributed by atoms with Crippen molar-refractivity contribution in [3.05, 3.63) is 12.2 Å². The topological polar surface area (TPSA) is 23.5 Å². The Labute approximate surface area is 75.9 Å². The van der Waals surface area contributed by atoms with Gasteiger partial charge in [-0.1, -0.05) is 5.57 Å². The molecule has 0 radical (unpaired) electrons. The van der Waals surface area contributed by atoms with Gasteiger partial charge in [0.2, 0.25) is 0 Å². The van der Waals surface area contributed by atoms with Crippen LogP contribution in [0.5, 0.6) is 0 Å². The second kappa shape index (κ2) is 4.06. The molecule has 72 valence electrons. The zero-order chi connectivity index (χ0) is 9.94. The third-order valence-corrected chi connectivity index (χ3v) is 2.51. The zero-order valence-corrected chi connectivity index (χ0v) is 8.89. The van der Waals surface area contributed by atoms with E-state index in [0.29, 0.717) is 6.42 Å². The normalized spacial score (nSPS) is 14.9. The van der Waals surface area contributed by atoms with Crippen molar-refractivity contribution in [1.82, 2.24) is 4.90 Å². The van der Waals surface area contributed by atoms with Gasteiger partial charge >= 0.3 is 0 Å². The standard InChI is InChI=1S/C10H21NO/c1-8(2)7-9(12)10(3,4)11(5)6/h9,12H,1,7H2,2-6H3. The molecule has 1 N–H and O–H groups in total. The Morgan fingerprint density at radius 2 is 1.92 bits per heavy atom. The molecular weight excluding hydrogens is 150 g/mol. The molecule has 1 atom stereocenters.